The third-order valence-electron chi connectivity index (χ3n) is 3.38. The van der Waals surface area contributed by atoms with Crippen LogP contribution < -0.4 is 11.1 Å². The Bertz CT molecular complexity index is 587. The summed E-state index contributed by atoms with van der Waals surface area (Å²) in [5.74, 6) is 0.580. The predicted octanol–water partition coefficient (Wildman–Crippen LogP) is 3.74. The summed E-state index contributed by atoms with van der Waals surface area (Å²) in [5.41, 5.74) is 10.7. The minimum atomic E-state index is 0.0687. The van der Waals surface area contributed by atoms with Crippen molar-refractivity contribution >= 4 is 21.7 Å². The van der Waals surface area contributed by atoms with E-state index in [4.69, 9.17) is 5.73 Å². The number of aryl methyl sites for hydroxylation is 2. The Labute approximate surface area is 128 Å². The molecule has 0 fully saturated rings. The van der Waals surface area contributed by atoms with Gasteiger partial charge >= 0.3 is 0 Å². The molecule has 0 aliphatic rings. The molecule has 3 N–H and O–H groups in total. The molecule has 1 aromatic heterocycles. The van der Waals surface area contributed by atoms with Crippen LogP contribution in [0.4, 0.5) is 5.82 Å². The number of halogens is 1. The zero-order valence-electron chi connectivity index (χ0n) is 12.1. The zero-order chi connectivity index (χ0) is 14.7. The van der Waals surface area contributed by atoms with Crippen molar-refractivity contribution in [2.45, 2.75) is 26.8 Å². The highest BCUT2D eigenvalue weighted by atomic mass is 79.9. The van der Waals surface area contributed by atoms with Gasteiger partial charge in [0.1, 0.15) is 5.82 Å². The molecule has 1 heterocycles. The molecule has 0 amide bonds. The molecule has 2 rings (SSSR count). The minimum absolute atomic E-state index is 0.0687. The molecule has 0 radical (unpaired) electrons. The van der Waals surface area contributed by atoms with E-state index in [1.807, 2.05) is 12.1 Å². The van der Waals surface area contributed by atoms with E-state index in [2.05, 4.69) is 59.1 Å². The Morgan fingerprint density at radius 3 is 2.50 bits per heavy atom. The molecule has 2 aromatic rings. The first-order valence-electron chi connectivity index (χ1n) is 6.75. The van der Waals surface area contributed by atoms with Crippen LogP contribution in [-0.4, -0.2) is 11.5 Å². The lowest BCUT2D eigenvalue weighted by atomic mass is 9.96. The summed E-state index contributed by atoms with van der Waals surface area (Å²) in [5, 5.41) is 3.49. The molecule has 20 heavy (non-hydrogen) atoms. The number of nitrogens with one attached hydrogen (secondary N) is 1. The molecule has 0 saturated carbocycles. The zero-order valence-corrected chi connectivity index (χ0v) is 13.7. The summed E-state index contributed by atoms with van der Waals surface area (Å²) >= 11 is 3.61. The van der Waals surface area contributed by atoms with Crippen molar-refractivity contribution < 1.29 is 0 Å². The molecule has 1 unspecified atom stereocenters. The minimum Gasteiger partial charge on any atom is -0.383 e. The van der Waals surface area contributed by atoms with E-state index in [-0.39, 0.29) is 6.04 Å². The Hall–Kier alpha value is -1.39. The van der Waals surface area contributed by atoms with Gasteiger partial charge in [0, 0.05) is 16.2 Å². The summed E-state index contributed by atoms with van der Waals surface area (Å²) in [6.07, 6.45) is 1.72. The molecule has 0 bridgehead atoms. The third kappa shape index (κ3) is 3.02. The van der Waals surface area contributed by atoms with Gasteiger partial charge in [-0.2, -0.15) is 0 Å². The van der Waals surface area contributed by atoms with E-state index in [1.165, 1.54) is 16.7 Å². The molecule has 1 atom stereocenters. The number of rotatable bonds is 4. The van der Waals surface area contributed by atoms with Crippen LogP contribution in [0, 0.1) is 13.8 Å². The number of nitrogen functional groups attached to an aromatic ring is 1. The number of pyridine rings is 1. The molecule has 106 valence electrons. The lowest BCUT2D eigenvalue weighted by Gasteiger charge is -2.21. The number of anilines is 1. The molecular weight excluding hydrogens is 314 g/mol. The van der Waals surface area contributed by atoms with Gasteiger partial charge < -0.3 is 11.1 Å². The van der Waals surface area contributed by atoms with E-state index < -0.39 is 0 Å². The molecule has 0 spiro atoms. The normalized spacial score (nSPS) is 12.4. The van der Waals surface area contributed by atoms with Gasteiger partial charge in [-0.25, -0.2) is 4.98 Å². The lowest BCUT2D eigenvalue weighted by molar-refractivity contribution is 0.629. The second-order valence-corrected chi connectivity index (χ2v) is 5.73. The second-order valence-electron chi connectivity index (χ2n) is 4.94. The predicted molar refractivity (Wildman–Crippen MR) is 87.8 cm³/mol. The topological polar surface area (TPSA) is 50.9 Å². The third-order valence-corrected chi connectivity index (χ3v) is 4.63. The van der Waals surface area contributed by atoms with Crippen molar-refractivity contribution in [1.82, 2.24) is 10.3 Å². The fourth-order valence-corrected chi connectivity index (χ4v) is 2.66. The van der Waals surface area contributed by atoms with E-state index in [0.717, 1.165) is 16.6 Å². The second kappa shape index (κ2) is 6.37. The van der Waals surface area contributed by atoms with E-state index in [1.54, 1.807) is 6.20 Å². The van der Waals surface area contributed by atoms with E-state index in [9.17, 15) is 0 Å². The first-order chi connectivity index (χ1) is 9.54. The van der Waals surface area contributed by atoms with Gasteiger partial charge in [-0.1, -0.05) is 41.1 Å². The summed E-state index contributed by atoms with van der Waals surface area (Å²) in [6, 6.07) is 8.41. The molecule has 0 saturated heterocycles. The van der Waals surface area contributed by atoms with Crippen molar-refractivity contribution in [2.75, 3.05) is 12.3 Å². The largest absolute Gasteiger partial charge is 0.383 e. The van der Waals surface area contributed by atoms with Gasteiger partial charge in [0.15, 0.2) is 0 Å². The molecule has 3 nitrogen and oxygen atoms in total. The fraction of sp³-hybridized carbons (Fsp3) is 0.312. The molecule has 0 aliphatic heterocycles. The highest BCUT2D eigenvalue weighted by Crippen LogP contribution is 2.30. The van der Waals surface area contributed by atoms with E-state index in [0.29, 0.717) is 5.82 Å². The SMILES string of the molecule is CCNC(c1cc(C)c(Br)c(C)c1)c1cccnc1N. The van der Waals surface area contributed by atoms with Gasteiger partial charge in [0.2, 0.25) is 0 Å². The fourth-order valence-electron chi connectivity index (χ4n) is 2.43. The molecule has 1 aromatic carbocycles. The number of hydrogen-bond donors (Lipinski definition) is 2. The Morgan fingerprint density at radius 1 is 1.30 bits per heavy atom. The van der Waals surface area contributed by atoms with Crippen LogP contribution in [0.15, 0.2) is 34.9 Å². The average molecular weight is 334 g/mol. The summed E-state index contributed by atoms with van der Waals surface area (Å²) < 4.78 is 1.16. The number of hydrogen-bond acceptors (Lipinski definition) is 3. The number of aromatic nitrogens is 1. The maximum atomic E-state index is 6.03. The summed E-state index contributed by atoms with van der Waals surface area (Å²) in [6.45, 7) is 7.18. The maximum Gasteiger partial charge on any atom is 0.128 e. The number of benzene rings is 1. The molecule has 4 heteroatoms. The summed E-state index contributed by atoms with van der Waals surface area (Å²) in [7, 11) is 0. The quantitative estimate of drug-likeness (QED) is 0.895. The Morgan fingerprint density at radius 2 is 1.95 bits per heavy atom. The van der Waals surface area contributed by atoms with Crippen LogP contribution in [0.2, 0.25) is 0 Å². The smallest absolute Gasteiger partial charge is 0.128 e. The first kappa shape index (κ1) is 15.0. The van der Waals surface area contributed by atoms with Crippen LogP contribution >= 0.6 is 15.9 Å². The first-order valence-corrected chi connectivity index (χ1v) is 7.54. The van der Waals surface area contributed by atoms with Crippen LogP contribution in [0.25, 0.3) is 0 Å². The van der Waals surface area contributed by atoms with Crippen molar-refractivity contribution in [2.24, 2.45) is 0 Å². The summed E-state index contributed by atoms with van der Waals surface area (Å²) in [4.78, 5) is 4.20. The van der Waals surface area contributed by atoms with Gasteiger partial charge in [-0.05, 0) is 43.1 Å². The van der Waals surface area contributed by atoms with Gasteiger partial charge in [-0.3, -0.25) is 0 Å². The monoisotopic (exact) mass is 333 g/mol. The van der Waals surface area contributed by atoms with Crippen molar-refractivity contribution in [3.8, 4) is 0 Å². The maximum absolute atomic E-state index is 6.03. The highest BCUT2D eigenvalue weighted by molar-refractivity contribution is 9.10. The number of nitrogens with zero attached hydrogens (tertiary/aromatic N) is 1. The Balaban J connectivity index is 2.52. The highest BCUT2D eigenvalue weighted by Gasteiger charge is 2.17. The van der Waals surface area contributed by atoms with Crippen LogP contribution in [0.3, 0.4) is 0 Å². The van der Waals surface area contributed by atoms with Gasteiger partial charge in [0.25, 0.3) is 0 Å². The van der Waals surface area contributed by atoms with Crippen LogP contribution in [0.1, 0.15) is 35.2 Å². The van der Waals surface area contributed by atoms with Crippen molar-refractivity contribution in [3.63, 3.8) is 0 Å². The molecular formula is C16H20BrN3. The van der Waals surface area contributed by atoms with Crippen molar-refractivity contribution in [3.05, 3.63) is 57.2 Å². The van der Waals surface area contributed by atoms with E-state index >= 15 is 0 Å². The number of nitrogens with two attached hydrogens (primary N) is 1. The van der Waals surface area contributed by atoms with Crippen LogP contribution in [-0.2, 0) is 0 Å². The van der Waals surface area contributed by atoms with Gasteiger partial charge in [0.05, 0.1) is 6.04 Å². The van der Waals surface area contributed by atoms with Crippen LogP contribution in [0.5, 0.6) is 0 Å². The lowest BCUT2D eigenvalue weighted by Crippen LogP contribution is -2.23. The van der Waals surface area contributed by atoms with Crippen molar-refractivity contribution in [1.29, 1.82) is 0 Å². The Kier molecular flexibility index (Phi) is 4.78. The average Bonchev–Trinajstić information content (AvgIpc) is 2.43. The standard InChI is InChI=1S/C16H20BrN3/c1-4-19-15(13-6-5-7-20-16(13)18)12-8-10(2)14(17)11(3)9-12/h5-9,15,19H,4H2,1-3H3,(H2,18,20). The van der Waals surface area contributed by atoms with Gasteiger partial charge in [-0.15, -0.1) is 0 Å². The molecule has 0 aliphatic carbocycles.